The summed E-state index contributed by atoms with van der Waals surface area (Å²) in [5.74, 6) is 0.413. The van der Waals surface area contributed by atoms with Gasteiger partial charge in [0.2, 0.25) is 0 Å². The van der Waals surface area contributed by atoms with Gasteiger partial charge in [0.1, 0.15) is 0 Å². The third-order valence-electron chi connectivity index (χ3n) is 3.79. The van der Waals surface area contributed by atoms with Gasteiger partial charge in [-0.15, -0.1) is 0 Å². The topological polar surface area (TPSA) is 40.6 Å². The maximum Gasteiger partial charge on any atom is 0.256 e. The largest absolute Gasteiger partial charge is 0.306 e. The average molecular weight is 236 g/mol. The number of rotatable bonds is 3. The van der Waals surface area contributed by atoms with Crippen molar-refractivity contribution in [3.05, 3.63) is 11.6 Å². The summed E-state index contributed by atoms with van der Waals surface area (Å²) in [5, 5.41) is 0. The predicted molar refractivity (Wildman–Crippen MR) is 65.3 cm³/mol. The highest BCUT2D eigenvalue weighted by atomic mass is 16.2. The molecule has 2 rings (SSSR count). The number of hydrogen-bond acceptors (Lipinski definition) is 3. The van der Waals surface area contributed by atoms with E-state index < -0.39 is 0 Å². The zero-order valence-corrected chi connectivity index (χ0v) is 10.6. The number of carbonyl (C=O) groups is 2. The summed E-state index contributed by atoms with van der Waals surface area (Å²) in [6.45, 7) is 4.55. The highest BCUT2D eigenvalue weighted by molar-refractivity contribution is 6.15. The molecule has 0 radical (unpaired) electrons. The highest BCUT2D eigenvalue weighted by Gasteiger charge is 2.28. The smallest absolute Gasteiger partial charge is 0.256 e. The second-order valence-corrected chi connectivity index (χ2v) is 5.16. The monoisotopic (exact) mass is 236 g/mol. The van der Waals surface area contributed by atoms with Gasteiger partial charge in [-0.25, -0.2) is 0 Å². The molecule has 2 amide bonds. The number of nitrogens with zero attached hydrogens (tertiary/aromatic N) is 2. The van der Waals surface area contributed by atoms with Crippen LogP contribution in [0.2, 0.25) is 0 Å². The van der Waals surface area contributed by atoms with Crippen LogP contribution < -0.4 is 0 Å². The minimum atomic E-state index is -0.138. The van der Waals surface area contributed by atoms with Crippen LogP contribution in [-0.4, -0.2) is 48.3 Å². The van der Waals surface area contributed by atoms with Gasteiger partial charge >= 0.3 is 0 Å². The quantitative estimate of drug-likeness (QED) is 0.687. The minimum absolute atomic E-state index is 0.108. The molecule has 0 aromatic rings. The zero-order chi connectivity index (χ0) is 12.4. The summed E-state index contributed by atoms with van der Waals surface area (Å²) in [7, 11) is 2.14. The van der Waals surface area contributed by atoms with E-state index in [1.807, 2.05) is 0 Å². The SMILES string of the molecule is CC1=CC(=O)N(CCC2CCN(C)CC2)C1=O. The number of hydrogen-bond donors (Lipinski definition) is 0. The van der Waals surface area contributed by atoms with Gasteiger partial charge in [0.15, 0.2) is 0 Å². The van der Waals surface area contributed by atoms with E-state index in [1.54, 1.807) is 6.92 Å². The van der Waals surface area contributed by atoms with Crippen LogP contribution in [-0.2, 0) is 9.59 Å². The van der Waals surface area contributed by atoms with Gasteiger partial charge < -0.3 is 4.90 Å². The fraction of sp³-hybridized carbons (Fsp3) is 0.692. The first-order chi connectivity index (χ1) is 8.08. The van der Waals surface area contributed by atoms with Crippen molar-refractivity contribution >= 4 is 11.8 Å². The highest BCUT2D eigenvalue weighted by Crippen LogP contribution is 2.21. The van der Waals surface area contributed by atoms with Crippen LogP contribution in [0.25, 0.3) is 0 Å². The molecule has 0 aliphatic carbocycles. The Morgan fingerprint density at radius 1 is 1.29 bits per heavy atom. The van der Waals surface area contributed by atoms with Crippen molar-refractivity contribution in [2.24, 2.45) is 5.92 Å². The van der Waals surface area contributed by atoms with Crippen molar-refractivity contribution in [2.45, 2.75) is 26.2 Å². The van der Waals surface area contributed by atoms with E-state index in [9.17, 15) is 9.59 Å². The Morgan fingerprint density at radius 2 is 1.94 bits per heavy atom. The van der Waals surface area contributed by atoms with Crippen molar-refractivity contribution in [3.63, 3.8) is 0 Å². The molecule has 17 heavy (non-hydrogen) atoms. The minimum Gasteiger partial charge on any atom is -0.306 e. The summed E-state index contributed by atoms with van der Waals surface area (Å²) in [4.78, 5) is 26.9. The summed E-state index contributed by atoms with van der Waals surface area (Å²) >= 11 is 0. The first kappa shape index (κ1) is 12.3. The Bertz CT molecular complexity index is 354. The van der Waals surface area contributed by atoms with Gasteiger partial charge in [-0.1, -0.05) is 0 Å². The molecule has 0 saturated carbocycles. The molecule has 2 heterocycles. The van der Waals surface area contributed by atoms with Crippen molar-refractivity contribution in [1.29, 1.82) is 0 Å². The van der Waals surface area contributed by atoms with Crippen LogP contribution >= 0.6 is 0 Å². The van der Waals surface area contributed by atoms with E-state index in [0.29, 0.717) is 18.0 Å². The predicted octanol–water partition coefficient (Wildman–Crippen LogP) is 1.03. The van der Waals surface area contributed by atoms with E-state index >= 15 is 0 Å². The summed E-state index contributed by atoms with van der Waals surface area (Å²) in [6, 6.07) is 0. The Balaban J connectivity index is 1.79. The van der Waals surface area contributed by atoms with Gasteiger partial charge in [-0.3, -0.25) is 14.5 Å². The summed E-state index contributed by atoms with van der Waals surface area (Å²) in [5.41, 5.74) is 0.568. The Kier molecular flexibility index (Phi) is 3.62. The first-order valence-corrected chi connectivity index (χ1v) is 6.30. The van der Waals surface area contributed by atoms with Crippen molar-refractivity contribution in [2.75, 3.05) is 26.7 Å². The van der Waals surface area contributed by atoms with Crippen LogP contribution in [0.1, 0.15) is 26.2 Å². The average Bonchev–Trinajstić information content (AvgIpc) is 2.54. The molecule has 0 bridgehead atoms. The zero-order valence-electron chi connectivity index (χ0n) is 10.6. The number of amides is 2. The lowest BCUT2D eigenvalue weighted by molar-refractivity contribution is -0.137. The standard InChI is InChI=1S/C13H20N2O2/c1-10-9-12(16)15(13(10)17)8-5-11-3-6-14(2)7-4-11/h9,11H,3-8H2,1-2H3. The van der Waals surface area contributed by atoms with E-state index in [2.05, 4.69) is 11.9 Å². The fourth-order valence-corrected chi connectivity index (χ4v) is 2.51. The molecule has 4 heteroatoms. The summed E-state index contributed by atoms with van der Waals surface area (Å²) in [6.07, 6.45) is 4.75. The first-order valence-electron chi connectivity index (χ1n) is 6.30. The Labute approximate surface area is 102 Å². The van der Waals surface area contributed by atoms with Gasteiger partial charge in [0.25, 0.3) is 11.8 Å². The molecule has 0 aromatic heterocycles. The maximum absolute atomic E-state index is 11.7. The van der Waals surface area contributed by atoms with E-state index in [4.69, 9.17) is 0 Å². The molecule has 0 aromatic carbocycles. The molecule has 0 unspecified atom stereocenters. The van der Waals surface area contributed by atoms with Crippen LogP contribution in [0.3, 0.4) is 0 Å². The number of carbonyl (C=O) groups excluding carboxylic acids is 2. The maximum atomic E-state index is 11.7. The van der Waals surface area contributed by atoms with Gasteiger partial charge in [0.05, 0.1) is 0 Å². The van der Waals surface area contributed by atoms with Crippen molar-refractivity contribution in [3.8, 4) is 0 Å². The number of imide groups is 1. The molecular weight excluding hydrogens is 216 g/mol. The Hall–Kier alpha value is -1.16. The molecule has 2 aliphatic heterocycles. The van der Waals surface area contributed by atoms with Crippen LogP contribution in [0.5, 0.6) is 0 Å². The second kappa shape index (κ2) is 5.00. The molecule has 1 fully saturated rings. The van der Waals surface area contributed by atoms with E-state index in [-0.39, 0.29) is 11.8 Å². The van der Waals surface area contributed by atoms with Crippen LogP contribution in [0.4, 0.5) is 0 Å². The van der Waals surface area contributed by atoms with E-state index in [1.165, 1.54) is 23.8 Å². The lowest BCUT2D eigenvalue weighted by Gasteiger charge is -2.29. The van der Waals surface area contributed by atoms with Gasteiger partial charge in [-0.2, -0.15) is 0 Å². The lowest BCUT2D eigenvalue weighted by atomic mass is 9.93. The molecule has 94 valence electrons. The number of piperidine rings is 1. The fourth-order valence-electron chi connectivity index (χ4n) is 2.51. The van der Waals surface area contributed by atoms with Crippen LogP contribution in [0.15, 0.2) is 11.6 Å². The van der Waals surface area contributed by atoms with E-state index in [0.717, 1.165) is 19.5 Å². The molecule has 0 spiro atoms. The molecule has 0 atom stereocenters. The molecule has 1 saturated heterocycles. The van der Waals surface area contributed by atoms with Crippen molar-refractivity contribution in [1.82, 2.24) is 9.80 Å². The number of likely N-dealkylation sites (tertiary alicyclic amines) is 1. The van der Waals surface area contributed by atoms with Crippen molar-refractivity contribution < 1.29 is 9.59 Å². The third kappa shape index (κ3) is 2.75. The van der Waals surface area contributed by atoms with Crippen LogP contribution in [0, 0.1) is 5.92 Å². The lowest BCUT2D eigenvalue weighted by Crippen LogP contribution is -2.35. The third-order valence-corrected chi connectivity index (χ3v) is 3.79. The normalized spacial score (nSPS) is 23.4. The molecular formula is C13H20N2O2. The summed E-state index contributed by atoms with van der Waals surface area (Å²) < 4.78 is 0. The molecule has 2 aliphatic rings. The van der Waals surface area contributed by atoms with Gasteiger partial charge in [-0.05, 0) is 52.2 Å². The molecule has 4 nitrogen and oxygen atoms in total. The van der Waals surface area contributed by atoms with Gasteiger partial charge in [0, 0.05) is 18.2 Å². The second-order valence-electron chi connectivity index (χ2n) is 5.16. The Morgan fingerprint density at radius 3 is 2.47 bits per heavy atom. The molecule has 0 N–H and O–H groups in total.